The van der Waals surface area contributed by atoms with E-state index in [0.29, 0.717) is 0 Å². The van der Waals surface area contributed by atoms with Gasteiger partial charge < -0.3 is 0 Å². The molecule has 1 aliphatic carbocycles. The van der Waals surface area contributed by atoms with Crippen LogP contribution in [-0.4, -0.2) is 0 Å². The van der Waals surface area contributed by atoms with Crippen molar-refractivity contribution in [1.29, 1.82) is 0 Å². The van der Waals surface area contributed by atoms with E-state index < -0.39 is 0 Å². The lowest BCUT2D eigenvalue weighted by Gasteiger charge is -2.50. The highest BCUT2D eigenvalue weighted by Crippen LogP contribution is 2.58. The Labute approximate surface area is 173 Å². The predicted octanol–water partition coefficient (Wildman–Crippen LogP) is 6.77. The summed E-state index contributed by atoms with van der Waals surface area (Å²) >= 11 is 0. The van der Waals surface area contributed by atoms with Gasteiger partial charge in [0.05, 0.1) is 16.4 Å². The Morgan fingerprint density at radius 2 is 1.59 bits per heavy atom. The number of pyridine rings is 1. The average molecular weight is 389 g/mol. The molecule has 1 aromatic heterocycles. The van der Waals surface area contributed by atoms with E-state index in [4.69, 9.17) is 0 Å². The summed E-state index contributed by atoms with van der Waals surface area (Å²) in [5.41, 5.74) is 5.38. The molecule has 0 amide bonds. The van der Waals surface area contributed by atoms with E-state index in [1.165, 1.54) is 27.6 Å². The van der Waals surface area contributed by atoms with Gasteiger partial charge in [0, 0.05) is 29.9 Å². The molecular formula is C27H31FN+. The maximum Gasteiger partial charge on any atom is 0.221 e. The van der Waals surface area contributed by atoms with E-state index in [1.807, 2.05) is 0 Å². The summed E-state index contributed by atoms with van der Waals surface area (Å²) in [6, 6.07) is 12.6. The van der Waals surface area contributed by atoms with Crippen LogP contribution in [0.4, 0.5) is 4.39 Å². The molecule has 1 unspecified atom stereocenters. The molecule has 2 heterocycles. The summed E-state index contributed by atoms with van der Waals surface area (Å²) in [7, 11) is 0. The van der Waals surface area contributed by atoms with Crippen molar-refractivity contribution in [3.05, 3.63) is 65.1 Å². The van der Waals surface area contributed by atoms with Gasteiger partial charge in [-0.05, 0) is 35.9 Å². The minimum Gasteiger partial charge on any atom is -0.207 e. The quantitative estimate of drug-likeness (QED) is 0.436. The van der Waals surface area contributed by atoms with Crippen LogP contribution in [0.5, 0.6) is 0 Å². The summed E-state index contributed by atoms with van der Waals surface area (Å²) in [5, 5.41) is 2.56. The Hall–Kier alpha value is -2.22. The summed E-state index contributed by atoms with van der Waals surface area (Å²) in [6.07, 6.45) is 5.40. The van der Waals surface area contributed by atoms with Crippen LogP contribution in [-0.2, 0) is 16.4 Å². The van der Waals surface area contributed by atoms with Gasteiger partial charge in [0.2, 0.25) is 5.69 Å². The van der Waals surface area contributed by atoms with Gasteiger partial charge in [-0.2, -0.15) is 4.57 Å². The lowest BCUT2D eigenvalue weighted by atomic mass is 9.56. The number of aromatic nitrogens is 1. The normalized spacial score (nSPS) is 22.7. The molecule has 0 bridgehead atoms. The van der Waals surface area contributed by atoms with Crippen LogP contribution in [0, 0.1) is 5.82 Å². The molecule has 29 heavy (non-hydrogen) atoms. The topological polar surface area (TPSA) is 3.88 Å². The van der Waals surface area contributed by atoms with Crippen LogP contribution in [0.2, 0.25) is 0 Å². The van der Waals surface area contributed by atoms with Crippen molar-refractivity contribution in [1.82, 2.24) is 0 Å². The third kappa shape index (κ3) is 1.89. The molecule has 0 radical (unpaired) electrons. The highest BCUT2D eigenvalue weighted by atomic mass is 19.1. The molecule has 5 rings (SSSR count). The summed E-state index contributed by atoms with van der Waals surface area (Å²) in [6.45, 7) is 13.7. The fourth-order valence-electron chi connectivity index (χ4n) is 6.88. The van der Waals surface area contributed by atoms with E-state index in [2.05, 4.69) is 82.6 Å². The zero-order valence-electron chi connectivity index (χ0n) is 18.5. The molecule has 1 nitrogen and oxygen atoms in total. The van der Waals surface area contributed by atoms with Gasteiger partial charge in [-0.25, -0.2) is 4.39 Å². The zero-order valence-corrected chi connectivity index (χ0v) is 18.5. The van der Waals surface area contributed by atoms with Gasteiger partial charge in [0.25, 0.3) is 0 Å². The van der Waals surface area contributed by atoms with Crippen LogP contribution in [0.3, 0.4) is 0 Å². The molecule has 0 spiro atoms. The molecule has 2 aromatic carbocycles. The van der Waals surface area contributed by atoms with E-state index >= 15 is 4.39 Å². The number of halogens is 1. The Balaban J connectivity index is 2.12. The third-order valence-electron chi connectivity index (χ3n) is 8.63. The predicted molar refractivity (Wildman–Crippen MR) is 118 cm³/mol. The first-order chi connectivity index (χ1) is 13.8. The van der Waals surface area contributed by atoms with Crippen LogP contribution >= 0.6 is 0 Å². The molecule has 150 valence electrons. The number of nitrogens with zero attached hydrogens (tertiary/aromatic N) is 1. The van der Waals surface area contributed by atoms with Crippen molar-refractivity contribution < 1.29 is 8.96 Å². The monoisotopic (exact) mass is 388 g/mol. The van der Waals surface area contributed by atoms with Crippen molar-refractivity contribution in [2.75, 3.05) is 0 Å². The SMILES string of the molecule is CCC1(C)c2ccc(F)c3c2-c2c4c(cccc4cc[n+]2C1(CC)CC)C3(C)C. The highest BCUT2D eigenvalue weighted by Gasteiger charge is 2.60. The lowest BCUT2D eigenvalue weighted by Crippen LogP contribution is -2.69. The molecule has 2 aliphatic rings. The molecule has 0 saturated heterocycles. The summed E-state index contributed by atoms with van der Waals surface area (Å²) in [4.78, 5) is 0. The average Bonchev–Trinajstić information content (AvgIpc) is 2.72. The van der Waals surface area contributed by atoms with E-state index in [1.54, 1.807) is 6.07 Å². The largest absolute Gasteiger partial charge is 0.221 e. The van der Waals surface area contributed by atoms with Crippen molar-refractivity contribution >= 4 is 10.8 Å². The number of hydrogen-bond acceptors (Lipinski definition) is 0. The smallest absolute Gasteiger partial charge is 0.207 e. The molecule has 0 saturated carbocycles. The Morgan fingerprint density at radius 1 is 0.862 bits per heavy atom. The Morgan fingerprint density at radius 3 is 2.24 bits per heavy atom. The minimum absolute atomic E-state index is 0.0258. The maximum absolute atomic E-state index is 15.5. The molecule has 3 aromatic rings. The zero-order chi connectivity index (χ0) is 20.8. The van der Waals surface area contributed by atoms with Crippen LogP contribution in [0.1, 0.15) is 77.5 Å². The van der Waals surface area contributed by atoms with Gasteiger partial charge in [0.15, 0.2) is 11.7 Å². The molecule has 1 aliphatic heterocycles. The minimum atomic E-state index is -0.367. The lowest BCUT2D eigenvalue weighted by molar-refractivity contribution is -0.768. The van der Waals surface area contributed by atoms with Crippen LogP contribution in [0.25, 0.3) is 22.0 Å². The van der Waals surface area contributed by atoms with Crippen molar-refractivity contribution in [2.45, 2.75) is 77.2 Å². The number of hydrogen-bond donors (Lipinski definition) is 0. The van der Waals surface area contributed by atoms with Gasteiger partial charge in [0.1, 0.15) is 5.82 Å². The molecule has 0 fully saturated rings. The molecule has 1 atom stereocenters. The van der Waals surface area contributed by atoms with Gasteiger partial charge in [-0.3, -0.25) is 0 Å². The number of benzene rings is 2. The summed E-state index contributed by atoms with van der Waals surface area (Å²) < 4.78 is 18.0. The standard InChI is InChI=1S/C27H31FN/c1-7-26(6)19-13-14-20(28)23-22(19)24-21-17(11-10-12-18(21)25(23,4)5)15-16-29(24)27(26,8-2)9-3/h10-16H,7-9H2,1-6H3/q+1. The number of rotatable bonds is 3. The first-order valence-corrected chi connectivity index (χ1v) is 11.1. The van der Waals surface area contributed by atoms with Crippen molar-refractivity contribution in [3.63, 3.8) is 0 Å². The second kappa shape index (κ2) is 5.68. The first-order valence-electron chi connectivity index (χ1n) is 11.1. The first kappa shape index (κ1) is 18.8. The third-order valence-corrected chi connectivity index (χ3v) is 8.63. The van der Waals surface area contributed by atoms with E-state index in [9.17, 15) is 0 Å². The fraction of sp³-hybridized carbons (Fsp3) is 0.444. The van der Waals surface area contributed by atoms with Crippen molar-refractivity contribution in [3.8, 4) is 11.3 Å². The van der Waals surface area contributed by atoms with Crippen LogP contribution < -0.4 is 4.57 Å². The van der Waals surface area contributed by atoms with E-state index in [-0.39, 0.29) is 22.2 Å². The van der Waals surface area contributed by atoms with E-state index in [0.717, 1.165) is 30.4 Å². The molecule has 0 N–H and O–H groups in total. The maximum atomic E-state index is 15.5. The highest BCUT2D eigenvalue weighted by molar-refractivity contribution is 6.01. The second-order valence-corrected chi connectivity index (χ2v) is 9.70. The van der Waals surface area contributed by atoms with Gasteiger partial charge >= 0.3 is 0 Å². The molecular weight excluding hydrogens is 357 g/mol. The van der Waals surface area contributed by atoms with Crippen molar-refractivity contribution in [2.24, 2.45) is 0 Å². The summed E-state index contributed by atoms with van der Waals surface area (Å²) in [5.74, 6) is -0.0780. The molecule has 2 heteroatoms. The second-order valence-electron chi connectivity index (χ2n) is 9.70. The van der Waals surface area contributed by atoms with Crippen LogP contribution in [0.15, 0.2) is 42.6 Å². The van der Waals surface area contributed by atoms with Gasteiger partial charge in [-0.1, -0.05) is 58.9 Å². The Bertz CT molecular complexity index is 1170. The fourth-order valence-corrected chi connectivity index (χ4v) is 6.88. The van der Waals surface area contributed by atoms with Gasteiger partial charge in [-0.15, -0.1) is 0 Å². The Kier molecular flexibility index (Phi) is 3.68.